The summed E-state index contributed by atoms with van der Waals surface area (Å²) in [6.45, 7) is 2.85. The minimum Gasteiger partial charge on any atom is -0.465 e. The predicted octanol–water partition coefficient (Wildman–Crippen LogP) is 1.07. The topological polar surface area (TPSA) is 69.7 Å². The van der Waals surface area contributed by atoms with Crippen LogP contribution in [0.4, 0.5) is 0 Å². The van der Waals surface area contributed by atoms with Gasteiger partial charge >= 0.3 is 5.97 Å². The van der Waals surface area contributed by atoms with E-state index in [0.29, 0.717) is 38.9 Å². The molecule has 2 fully saturated rings. The fraction of sp³-hybridized carbons (Fsp3) is 0.917. The SMILES string of the molecule is CCOC(=O)C1(S(=O)(=O)C2CCOCC2)CCC1. The van der Waals surface area contributed by atoms with Crippen molar-refractivity contribution in [1.82, 2.24) is 0 Å². The first kappa shape index (κ1) is 13.8. The Morgan fingerprint density at radius 1 is 1.33 bits per heavy atom. The van der Waals surface area contributed by atoms with Crippen molar-refractivity contribution in [3.05, 3.63) is 0 Å². The molecule has 5 nitrogen and oxygen atoms in total. The molecular formula is C12H20O5S. The van der Waals surface area contributed by atoms with E-state index in [-0.39, 0.29) is 6.61 Å². The van der Waals surface area contributed by atoms with Crippen molar-refractivity contribution in [3.8, 4) is 0 Å². The van der Waals surface area contributed by atoms with Crippen molar-refractivity contribution in [1.29, 1.82) is 0 Å². The minimum atomic E-state index is -3.46. The lowest BCUT2D eigenvalue weighted by Crippen LogP contribution is -2.56. The molecule has 104 valence electrons. The van der Waals surface area contributed by atoms with Crippen LogP contribution in [0.1, 0.15) is 39.0 Å². The molecule has 0 unspecified atom stereocenters. The average molecular weight is 276 g/mol. The quantitative estimate of drug-likeness (QED) is 0.718. The van der Waals surface area contributed by atoms with E-state index in [1.54, 1.807) is 6.92 Å². The molecule has 1 saturated heterocycles. The van der Waals surface area contributed by atoms with Gasteiger partial charge in [0.1, 0.15) is 0 Å². The van der Waals surface area contributed by atoms with Crippen LogP contribution in [0, 0.1) is 0 Å². The number of ether oxygens (including phenoxy) is 2. The molecule has 0 amide bonds. The molecule has 0 bridgehead atoms. The lowest BCUT2D eigenvalue weighted by atomic mass is 9.84. The molecular weight excluding hydrogens is 256 g/mol. The molecule has 0 aromatic heterocycles. The van der Waals surface area contributed by atoms with Gasteiger partial charge in [-0.25, -0.2) is 8.42 Å². The summed E-state index contributed by atoms with van der Waals surface area (Å²) in [4.78, 5) is 12.0. The van der Waals surface area contributed by atoms with E-state index in [1.165, 1.54) is 0 Å². The van der Waals surface area contributed by atoms with Gasteiger partial charge in [-0.05, 0) is 39.0 Å². The number of hydrogen-bond donors (Lipinski definition) is 0. The van der Waals surface area contributed by atoms with Crippen LogP contribution in [0.25, 0.3) is 0 Å². The Morgan fingerprint density at radius 3 is 2.39 bits per heavy atom. The number of esters is 1. The molecule has 1 aliphatic heterocycles. The van der Waals surface area contributed by atoms with E-state index in [1.807, 2.05) is 0 Å². The monoisotopic (exact) mass is 276 g/mol. The highest BCUT2D eigenvalue weighted by Crippen LogP contribution is 2.44. The van der Waals surface area contributed by atoms with Crippen molar-refractivity contribution in [2.24, 2.45) is 0 Å². The molecule has 0 radical (unpaired) electrons. The van der Waals surface area contributed by atoms with Crippen molar-refractivity contribution >= 4 is 15.8 Å². The number of rotatable bonds is 4. The van der Waals surface area contributed by atoms with Crippen LogP contribution in [-0.2, 0) is 24.1 Å². The first-order valence-electron chi connectivity index (χ1n) is 6.53. The Hall–Kier alpha value is -0.620. The second-order valence-corrected chi connectivity index (χ2v) is 7.46. The summed E-state index contributed by atoms with van der Waals surface area (Å²) in [5.41, 5.74) is 0. The van der Waals surface area contributed by atoms with Crippen molar-refractivity contribution < 1.29 is 22.7 Å². The lowest BCUT2D eigenvalue weighted by Gasteiger charge is -2.41. The summed E-state index contributed by atoms with van der Waals surface area (Å²) >= 11 is 0. The molecule has 0 N–H and O–H groups in total. The first-order valence-corrected chi connectivity index (χ1v) is 8.07. The molecule has 6 heteroatoms. The highest BCUT2D eigenvalue weighted by atomic mass is 32.2. The molecule has 0 aromatic rings. The van der Waals surface area contributed by atoms with Crippen molar-refractivity contribution in [2.75, 3.05) is 19.8 Å². The molecule has 0 aromatic carbocycles. The number of carbonyl (C=O) groups excluding carboxylic acids is 1. The third-order valence-corrected chi connectivity index (χ3v) is 6.97. The maximum atomic E-state index is 12.6. The van der Waals surface area contributed by atoms with Gasteiger partial charge in [-0.2, -0.15) is 0 Å². The molecule has 0 atom stereocenters. The molecule has 18 heavy (non-hydrogen) atoms. The Morgan fingerprint density at radius 2 is 1.94 bits per heavy atom. The minimum absolute atomic E-state index is 0.226. The summed E-state index contributed by atoms with van der Waals surface area (Å²) in [6.07, 6.45) is 2.57. The highest BCUT2D eigenvalue weighted by molar-refractivity contribution is 7.94. The zero-order valence-corrected chi connectivity index (χ0v) is 11.5. The summed E-state index contributed by atoms with van der Waals surface area (Å²) < 4.78 is 34.2. The van der Waals surface area contributed by atoms with Gasteiger partial charge in [-0.1, -0.05) is 0 Å². The van der Waals surface area contributed by atoms with Crippen molar-refractivity contribution in [2.45, 2.75) is 49.0 Å². The Balaban J connectivity index is 2.22. The molecule has 2 aliphatic rings. The van der Waals surface area contributed by atoms with Gasteiger partial charge < -0.3 is 9.47 Å². The summed E-state index contributed by atoms with van der Waals surface area (Å²) in [6, 6.07) is 0. The van der Waals surface area contributed by atoms with Crippen LogP contribution in [0.5, 0.6) is 0 Å². The van der Waals surface area contributed by atoms with E-state index in [0.717, 1.165) is 6.42 Å². The molecule has 1 saturated carbocycles. The summed E-state index contributed by atoms with van der Waals surface area (Å²) in [5, 5.41) is -0.448. The Labute approximate surface area is 108 Å². The number of sulfone groups is 1. The van der Waals surface area contributed by atoms with Gasteiger partial charge in [0, 0.05) is 13.2 Å². The predicted molar refractivity (Wildman–Crippen MR) is 66.0 cm³/mol. The zero-order chi connectivity index (χ0) is 13.2. The first-order chi connectivity index (χ1) is 8.54. The molecule has 2 rings (SSSR count). The fourth-order valence-corrected chi connectivity index (χ4v) is 5.27. The van der Waals surface area contributed by atoms with E-state index in [9.17, 15) is 13.2 Å². The average Bonchev–Trinajstić information content (AvgIpc) is 2.28. The molecule has 1 aliphatic carbocycles. The molecule has 1 heterocycles. The highest BCUT2D eigenvalue weighted by Gasteiger charge is 2.58. The van der Waals surface area contributed by atoms with Crippen LogP contribution >= 0.6 is 0 Å². The van der Waals surface area contributed by atoms with Crippen LogP contribution in [0.3, 0.4) is 0 Å². The van der Waals surface area contributed by atoms with Gasteiger partial charge in [-0.15, -0.1) is 0 Å². The van der Waals surface area contributed by atoms with Gasteiger partial charge in [0.05, 0.1) is 11.9 Å². The standard InChI is InChI=1S/C12H20O5S/c1-2-17-11(13)12(6-3-7-12)18(14,15)10-4-8-16-9-5-10/h10H,2-9H2,1H3. The summed E-state index contributed by atoms with van der Waals surface area (Å²) in [7, 11) is -3.46. The smallest absolute Gasteiger partial charge is 0.327 e. The third-order valence-electron chi connectivity index (χ3n) is 3.96. The van der Waals surface area contributed by atoms with Crippen molar-refractivity contribution in [3.63, 3.8) is 0 Å². The Bertz CT molecular complexity index is 404. The van der Waals surface area contributed by atoms with Gasteiger partial charge in [-0.3, -0.25) is 4.79 Å². The van der Waals surface area contributed by atoms with Gasteiger partial charge in [0.2, 0.25) is 0 Å². The van der Waals surface area contributed by atoms with Gasteiger partial charge in [0.25, 0.3) is 0 Å². The Kier molecular flexibility index (Phi) is 3.96. The van der Waals surface area contributed by atoms with Gasteiger partial charge in [0.15, 0.2) is 14.6 Å². The second kappa shape index (κ2) is 5.17. The zero-order valence-electron chi connectivity index (χ0n) is 10.7. The van der Waals surface area contributed by atoms with E-state index in [4.69, 9.17) is 9.47 Å². The lowest BCUT2D eigenvalue weighted by molar-refractivity contribution is -0.148. The van der Waals surface area contributed by atoms with E-state index >= 15 is 0 Å². The number of carbonyl (C=O) groups is 1. The second-order valence-electron chi connectivity index (χ2n) is 4.93. The largest absolute Gasteiger partial charge is 0.465 e. The number of hydrogen-bond acceptors (Lipinski definition) is 5. The van der Waals surface area contributed by atoms with Crippen LogP contribution in [0.15, 0.2) is 0 Å². The van der Waals surface area contributed by atoms with Crippen LogP contribution < -0.4 is 0 Å². The fourth-order valence-electron chi connectivity index (χ4n) is 2.67. The maximum Gasteiger partial charge on any atom is 0.327 e. The summed E-state index contributed by atoms with van der Waals surface area (Å²) in [5.74, 6) is -0.553. The van der Waals surface area contributed by atoms with Crippen LogP contribution in [-0.4, -0.2) is 44.2 Å². The van der Waals surface area contributed by atoms with Crippen LogP contribution in [0.2, 0.25) is 0 Å². The van der Waals surface area contributed by atoms with E-state index < -0.39 is 25.8 Å². The molecule has 0 spiro atoms. The normalized spacial score (nSPS) is 24.3. The van der Waals surface area contributed by atoms with E-state index in [2.05, 4.69) is 0 Å². The third kappa shape index (κ3) is 2.05. The maximum absolute atomic E-state index is 12.6.